The molecule has 1 fully saturated rings. The monoisotopic (exact) mass is 296 g/mol. The molecular weight excluding hydrogens is 279 g/mol. The molecule has 0 aliphatic heterocycles. The van der Waals surface area contributed by atoms with E-state index in [1.54, 1.807) is 14.0 Å². The number of hydrogen-bond donors (Lipinski definition) is 0. The molecule has 0 spiro atoms. The van der Waals surface area contributed by atoms with Crippen LogP contribution < -0.4 is 0 Å². The first kappa shape index (κ1) is 13.8. The smallest absolute Gasteiger partial charge is 0.128 e. The quantitative estimate of drug-likeness (QED) is 0.796. The number of halogens is 2. The fourth-order valence-corrected chi connectivity index (χ4v) is 3.00. The number of ether oxygens (including phenoxy) is 1. The van der Waals surface area contributed by atoms with E-state index in [4.69, 9.17) is 16.3 Å². The third-order valence-electron chi connectivity index (χ3n) is 4.12. The molecule has 1 saturated carbocycles. The third-order valence-corrected chi connectivity index (χ3v) is 4.32. The molecule has 1 unspecified atom stereocenters. The normalized spacial score (nSPS) is 23.9. The fraction of sp³-hybridized carbons (Fsp3) is 0.533. The van der Waals surface area contributed by atoms with E-state index in [0.717, 1.165) is 24.2 Å². The van der Waals surface area contributed by atoms with Crippen LogP contribution in [0.5, 0.6) is 0 Å². The van der Waals surface area contributed by atoms with E-state index in [1.165, 1.54) is 6.07 Å². The second-order valence-electron chi connectivity index (χ2n) is 5.53. The largest absolute Gasteiger partial charge is 0.381 e. The molecule has 0 bridgehead atoms. The van der Waals surface area contributed by atoms with Gasteiger partial charge in [-0.25, -0.2) is 9.37 Å². The van der Waals surface area contributed by atoms with Crippen molar-refractivity contribution in [1.82, 2.24) is 9.55 Å². The van der Waals surface area contributed by atoms with E-state index in [0.29, 0.717) is 23.2 Å². The van der Waals surface area contributed by atoms with Gasteiger partial charge in [-0.3, -0.25) is 0 Å². The van der Waals surface area contributed by atoms with Crippen molar-refractivity contribution in [1.29, 1.82) is 0 Å². The SMILES string of the molecule is COC1CC(n2c(C(C)Cl)nc3cc(F)c(C)cc32)C1. The highest BCUT2D eigenvalue weighted by Crippen LogP contribution is 2.39. The highest BCUT2D eigenvalue weighted by atomic mass is 35.5. The Labute approximate surface area is 122 Å². The van der Waals surface area contributed by atoms with Crippen LogP contribution in [-0.4, -0.2) is 22.8 Å². The zero-order chi connectivity index (χ0) is 14.4. The number of imidazole rings is 1. The van der Waals surface area contributed by atoms with Crippen LogP contribution in [0.2, 0.25) is 0 Å². The first-order chi connectivity index (χ1) is 9.51. The van der Waals surface area contributed by atoms with E-state index in [-0.39, 0.29) is 11.2 Å². The summed E-state index contributed by atoms with van der Waals surface area (Å²) in [7, 11) is 1.73. The van der Waals surface area contributed by atoms with Crippen LogP contribution in [0.25, 0.3) is 11.0 Å². The second kappa shape index (κ2) is 5.01. The lowest BCUT2D eigenvalue weighted by Gasteiger charge is -2.36. The summed E-state index contributed by atoms with van der Waals surface area (Å²) in [5, 5.41) is -0.202. The van der Waals surface area contributed by atoms with Crippen LogP contribution in [0.1, 0.15) is 42.6 Å². The van der Waals surface area contributed by atoms with E-state index in [1.807, 2.05) is 13.0 Å². The van der Waals surface area contributed by atoms with Gasteiger partial charge in [0.25, 0.3) is 0 Å². The molecule has 1 atom stereocenters. The summed E-state index contributed by atoms with van der Waals surface area (Å²) in [6.07, 6.45) is 2.21. The number of methoxy groups -OCH3 is 1. The first-order valence-corrected chi connectivity index (χ1v) is 7.29. The highest BCUT2D eigenvalue weighted by Gasteiger charge is 2.33. The van der Waals surface area contributed by atoms with Gasteiger partial charge in [-0.05, 0) is 38.3 Å². The van der Waals surface area contributed by atoms with Crippen molar-refractivity contribution < 1.29 is 9.13 Å². The number of benzene rings is 1. The average molecular weight is 297 g/mol. The summed E-state index contributed by atoms with van der Waals surface area (Å²) in [6, 6.07) is 3.70. The van der Waals surface area contributed by atoms with Gasteiger partial charge >= 0.3 is 0 Å². The highest BCUT2D eigenvalue weighted by molar-refractivity contribution is 6.20. The van der Waals surface area contributed by atoms with Crippen LogP contribution in [0.15, 0.2) is 12.1 Å². The lowest BCUT2D eigenvalue weighted by atomic mass is 9.88. The zero-order valence-electron chi connectivity index (χ0n) is 11.9. The molecule has 0 radical (unpaired) electrons. The van der Waals surface area contributed by atoms with Crippen molar-refractivity contribution in [3.05, 3.63) is 29.3 Å². The lowest BCUT2D eigenvalue weighted by molar-refractivity contribution is 0.00657. The number of rotatable bonds is 3. The van der Waals surface area contributed by atoms with Gasteiger partial charge in [0.1, 0.15) is 11.6 Å². The summed E-state index contributed by atoms with van der Waals surface area (Å²) in [4.78, 5) is 4.52. The maximum atomic E-state index is 13.7. The van der Waals surface area contributed by atoms with Crippen LogP contribution in [0.3, 0.4) is 0 Å². The average Bonchev–Trinajstić information content (AvgIpc) is 2.68. The van der Waals surface area contributed by atoms with Crippen molar-refractivity contribution in [3.63, 3.8) is 0 Å². The molecule has 1 aromatic carbocycles. The summed E-state index contributed by atoms with van der Waals surface area (Å²) < 4.78 is 21.2. The van der Waals surface area contributed by atoms with Crippen molar-refractivity contribution in [3.8, 4) is 0 Å². The fourth-order valence-electron chi connectivity index (χ4n) is 2.84. The van der Waals surface area contributed by atoms with Crippen molar-refractivity contribution in [2.75, 3.05) is 7.11 Å². The predicted octanol–water partition coefficient (Wildman–Crippen LogP) is 4.13. The Balaban J connectivity index is 2.12. The van der Waals surface area contributed by atoms with E-state index >= 15 is 0 Å². The van der Waals surface area contributed by atoms with Crippen LogP contribution in [0, 0.1) is 12.7 Å². The Kier molecular flexibility index (Phi) is 3.46. The minimum absolute atomic E-state index is 0.202. The van der Waals surface area contributed by atoms with Gasteiger partial charge in [0, 0.05) is 19.2 Å². The Morgan fingerprint density at radius 3 is 2.75 bits per heavy atom. The van der Waals surface area contributed by atoms with Gasteiger partial charge in [-0.1, -0.05) is 0 Å². The first-order valence-electron chi connectivity index (χ1n) is 6.86. The molecule has 1 aromatic heterocycles. The minimum atomic E-state index is -0.223. The van der Waals surface area contributed by atoms with Crippen molar-refractivity contribution in [2.45, 2.75) is 44.2 Å². The van der Waals surface area contributed by atoms with E-state index < -0.39 is 0 Å². The molecule has 1 aliphatic carbocycles. The number of alkyl halides is 1. The molecule has 0 saturated heterocycles. The van der Waals surface area contributed by atoms with Gasteiger partial charge in [0.05, 0.1) is 22.5 Å². The number of aromatic nitrogens is 2. The van der Waals surface area contributed by atoms with Gasteiger partial charge in [-0.15, -0.1) is 11.6 Å². The van der Waals surface area contributed by atoms with Crippen molar-refractivity contribution >= 4 is 22.6 Å². The molecule has 20 heavy (non-hydrogen) atoms. The Morgan fingerprint density at radius 1 is 1.45 bits per heavy atom. The van der Waals surface area contributed by atoms with Crippen LogP contribution >= 0.6 is 11.6 Å². The zero-order valence-corrected chi connectivity index (χ0v) is 12.6. The predicted molar refractivity (Wildman–Crippen MR) is 77.8 cm³/mol. The number of aryl methyl sites for hydroxylation is 1. The molecule has 108 valence electrons. The van der Waals surface area contributed by atoms with E-state index in [9.17, 15) is 4.39 Å². The molecule has 0 amide bonds. The van der Waals surface area contributed by atoms with Gasteiger partial charge in [0.2, 0.25) is 0 Å². The Bertz CT molecular complexity index is 647. The maximum absolute atomic E-state index is 13.7. The standard InChI is InChI=1S/C15H18ClFN2O/c1-8-4-14-13(7-12(8)17)18-15(9(2)16)19(14)10-5-11(6-10)20-3/h4,7,9-11H,5-6H2,1-3H3. The summed E-state index contributed by atoms with van der Waals surface area (Å²) in [6.45, 7) is 3.67. The van der Waals surface area contributed by atoms with E-state index in [2.05, 4.69) is 9.55 Å². The molecule has 3 rings (SSSR count). The minimum Gasteiger partial charge on any atom is -0.381 e. The van der Waals surface area contributed by atoms with Crippen molar-refractivity contribution in [2.24, 2.45) is 0 Å². The number of hydrogen-bond acceptors (Lipinski definition) is 2. The molecule has 2 aromatic rings. The number of nitrogens with zero attached hydrogens (tertiary/aromatic N) is 2. The maximum Gasteiger partial charge on any atom is 0.128 e. The topological polar surface area (TPSA) is 27.1 Å². The van der Waals surface area contributed by atoms with Gasteiger partial charge < -0.3 is 9.30 Å². The molecular formula is C15H18ClFN2O. The summed E-state index contributed by atoms with van der Waals surface area (Å²) in [5.41, 5.74) is 2.28. The van der Waals surface area contributed by atoms with Gasteiger partial charge in [0.15, 0.2) is 0 Å². The Hall–Kier alpha value is -1.13. The Morgan fingerprint density at radius 2 is 2.15 bits per heavy atom. The molecule has 5 heteroatoms. The van der Waals surface area contributed by atoms with Gasteiger partial charge in [-0.2, -0.15) is 0 Å². The lowest BCUT2D eigenvalue weighted by Crippen LogP contribution is -2.33. The van der Waals surface area contributed by atoms with Crippen LogP contribution in [0.4, 0.5) is 4.39 Å². The second-order valence-corrected chi connectivity index (χ2v) is 6.18. The molecule has 0 N–H and O–H groups in total. The molecule has 1 aliphatic rings. The number of fused-ring (bicyclic) bond motifs is 1. The third kappa shape index (κ3) is 2.11. The molecule has 1 heterocycles. The summed E-state index contributed by atoms with van der Waals surface area (Å²) in [5.74, 6) is 0.588. The van der Waals surface area contributed by atoms with Crippen LogP contribution in [-0.2, 0) is 4.74 Å². The summed E-state index contributed by atoms with van der Waals surface area (Å²) >= 11 is 6.25. The molecule has 3 nitrogen and oxygen atoms in total.